The van der Waals surface area contributed by atoms with Crippen LogP contribution in [0.5, 0.6) is 5.88 Å². The molecule has 0 radical (unpaired) electrons. The summed E-state index contributed by atoms with van der Waals surface area (Å²) in [6.45, 7) is 6.42. The average Bonchev–Trinajstić information content (AvgIpc) is 2.44. The van der Waals surface area contributed by atoms with E-state index in [2.05, 4.69) is 20.6 Å². The highest BCUT2D eigenvalue weighted by molar-refractivity contribution is 5.87. The van der Waals surface area contributed by atoms with Crippen LogP contribution >= 0.6 is 0 Å². The Bertz CT molecular complexity index is 476. The summed E-state index contributed by atoms with van der Waals surface area (Å²) in [5.41, 5.74) is -0.266. The van der Waals surface area contributed by atoms with Gasteiger partial charge in [0, 0.05) is 19.4 Å². The van der Waals surface area contributed by atoms with E-state index < -0.39 is 6.03 Å². The molecule has 0 aliphatic rings. The monoisotopic (exact) mass is 312 g/mol. The maximum atomic E-state index is 11.9. The Morgan fingerprint density at radius 1 is 1.41 bits per heavy atom. The van der Waals surface area contributed by atoms with Gasteiger partial charge in [-0.05, 0) is 5.41 Å². The zero-order valence-corrected chi connectivity index (χ0v) is 13.4. The summed E-state index contributed by atoms with van der Waals surface area (Å²) in [6, 6.07) is 0.724. The minimum Gasteiger partial charge on any atom is -0.475 e. The molecule has 1 rings (SSSR count). The fourth-order valence-electron chi connectivity index (χ4n) is 1.54. The standard InChI is InChI=1S/C14H24N4O4/c1-14(2,3)10(9-19)16-13(20)18-12-15-6-5-11(17-12)22-8-7-21-4/h5-6,10,19H,7-9H2,1-4H3,(H2,15,16,17,18,20). The van der Waals surface area contributed by atoms with Gasteiger partial charge in [-0.15, -0.1) is 0 Å². The molecule has 0 bridgehead atoms. The second kappa shape index (κ2) is 8.50. The molecule has 0 aliphatic heterocycles. The van der Waals surface area contributed by atoms with Crippen molar-refractivity contribution < 1.29 is 19.4 Å². The van der Waals surface area contributed by atoms with Crippen LogP contribution in [-0.2, 0) is 4.74 Å². The van der Waals surface area contributed by atoms with Gasteiger partial charge in [-0.1, -0.05) is 20.8 Å². The average molecular weight is 312 g/mol. The predicted molar refractivity (Wildman–Crippen MR) is 81.9 cm³/mol. The summed E-state index contributed by atoms with van der Waals surface area (Å²) in [5, 5.41) is 14.5. The van der Waals surface area contributed by atoms with Crippen molar-refractivity contribution in [3.63, 3.8) is 0 Å². The van der Waals surface area contributed by atoms with Crippen molar-refractivity contribution in [3.8, 4) is 5.88 Å². The third-order valence-corrected chi connectivity index (χ3v) is 2.93. The maximum Gasteiger partial charge on any atom is 0.321 e. The molecule has 1 atom stereocenters. The van der Waals surface area contributed by atoms with Crippen molar-refractivity contribution in [2.24, 2.45) is 5.41 Å². The van der Waals surface area contributed by atoms with Crippen molar-refractivity contribution >= 4 is 12.0 Å². The summed E-state index contributed by atoms with van der Waals surface area (Å²) in [6.07, 6.45) is 1.48. The lowest BCUT2D eigenvalue weighted by molar-refractivity contribution is 0.143. The molecule has 0 saturated carbocycles. The fraction of sp³-hybridized carbons (Fsp3) is 0.643. The minimum atomic E-state index is -0.483. The molecule has 1 aromatic heterocycles. The first kappa shape index (κ1) is 18.1. The maximum absolute atomic E-state index is 11.9. The third-order valence-electron chi connectivity index (χ3n) is 2.93. The number of aromatic nitrogens is 2. The molecule has 8 heteroatoms. The fourth-order valence-corrected chi connectivity index (χ4v) is 1.54. The summed E-state index contributed by atoms with van der Waals surface area (Å²) < 4.78 is 10.2. The zero-order valence-electron chi connectivity index (χ0n) is 13.4. The Hall–Kier alpha value is -1.93. The molecule has 0 aliphatic carbocycles. The molecule has 8 nitrogen and oxygen atoms in total. The number of methoxy groups -OCH3 is 1. The van der Waals surface area contributed by atoms with Crippen LogP contribution in [0.25, 0.3) is 0 Å². The lowest BCUT2D eigenvalue weighted by Gasteiger charge is -2.29. The van der Waals surface area contributed by atoms with E-state index in [0.717, 1.165) is 0 Å². The molecule has 1 aromatic rings. The van der Waals surface area contributed by atoms with Gasteiger partial charge in [-0.2, -0.15) is 4.98 Å². The highest BCUT2D eigenvalue weighted by atomic mass is 16.5. The number of rotatable bonds is 7. The number of hydrogen-bond acceptors (Lipinski definition) is 6. The number of urea groups is 1. The molecule has 0 spiro atoms. The molecular weight excluding hydrogens is 288 g/mol. The smallest absolute Gasteiger partial charge is 0.321 e. The molecule has 1 unspecified atom stereocenters. The van der Waals surface area contributed by atoms with E-state index in [1.807, 2.05) is 20.8 Å². The molecule has 22 heavy (non-hydrogen) atoms. The number of nitrogens with one attached hydrogen (secondary N) is 2. The lowest BCUT2D eigenvalue weighted by atomic mass is 9.87. The number of anilines is 1. The number of aliphatic hydroxyl groups is 1. The van der Waals surface area contributed by atoms with E-state index in [0.29, 0.717) is 19.1 Å². The van der Waals surface area contributed by atoms with Crippen LogP contribution in [0.2, 0.25) is 0 Å². The minimum absolute atomic E-state index is 0.123. The van der Waals surface area contributed by atoms with Gasteiger partial charge in [-0.25, -0.2) is 9.78 Å². The van der Waals surface area contributed by atoms with Crippen LogP contribution in [0.1, 0.15) is 20.8 Å². The topological polar surface area (TPSA) is 106 Å². The van der Waals surface area contributed by atoms with E-state index in [1.54, 1.807) is 13.2 Å². The van der Waals surface area contributed by atoms with Gasteiger partial charge < -0.3 is 19.9 Å². The quantitative estimate of drug-likeness (QED) is 0.649. The van der Waals surface area contributed by atoms with Crippen molar-refractivity contribution in [3.05, 3.63) is 12.3 Å². The van der Waals surface area contributed by atoms with Crippen LogP contribution in [-0.4, -0.2) is 54.1 Å². The molecule has 0 aromatic carbocycles. The first-order valence-electron chi connectivity index (χ1n) is 7.00. The second-order valence-corrected chi connectivity index (χ2v) is 5.76. The molecule has 2 amide bonds. The molecule has 1 heterocycles. The first-order valence-corrected chi connectivity index (χ1v) is 7.00. The number of hydrogen-bond donors (Lipinski definition) is 3. The van der Waals surface area contributed by atoms with E-state index in [-0.39, 0.29) is 24.0 Å². The molecule has 124 valence electrons. The number of carbonyl (C=O) groups excluding carboxylic acids is 1. The Labute approximate surface area is 130 Å². The highest BCUT2D eigenvalue weighted by Gasteiger charge is 2.25. The van der Waals surface area contributed by atoms with E-state index in [1.165, 1.54) is 6.20 Å². The Kier molecular flexibility index (Phi) is 7.00. The Balaban J connectivity index is 2.58. The number of ether oxygens (including phenoxy) is 2. The van der Waals surface area contributed by atoms with Crippen molar-refractivity contribution in [1.82, 2.24) is 15.3 Å². The summed E-state index contributed by atoms with van der Waals surface area (Å²) in [5.74, 6) is 0.467. The van der Waals surface area contributed by atoms with Gasteiger partial charge in [0.25, 0.3) is 0 Å². The first-order chi connectivity index (χ1) is 10.4. The number of carbonyl (C=O) groups is 1. The summed E-state index contributed by atoms with van der Waals surface area (Å²) in [7, 11) is 1.58. The van der Waals surface area contributed by atoms with E-state index in [4.69, 9.17) is 9.47 Å². The molecular formula is C14H24N4O4. The summed E-state index contributed by atoms with van der Waals surface area (Å²) >= 11 is 0. The van der Waals surface area contributed by atoms with Crippen LogP contribution in [0.15, 0.2) is 12.3 Å². The second-order valence-electron chi connectivity index (χ2n) is 5.76. The Morgan fingerprint density at radius 2 is 2.14 bits per heavy atom. The van der Waals surface area contributed by atoms with Crippen LogP contribution in [0.4, 0.5) is 10.7 Å². The lowest BCUT2D eigenvalue weighted by Crippen LogP contribution is -2.47. The number of aliphatic hydroxyl groups excluding tert-OH is 1. The van der Waals surface area contributed by atoms with Crippen molar-refractivity contribution in [1.29, 1.82) is 0 Å². The predicted octanol–water partition coefficient (Wildman–Crippen LogP) is 1.03. The number of nitrogens with zero attached hydrogens (tertiary/aromatic N) is 2. The van der Waals surface area contributed by atoms with Crippen LogP contribution < -0.4 is 15.4 Å². The third kappa shape index (κ3) is 6.23. The van der Waals surface area contributed by atoms with Gasteiger partial charge in [0.15, 0.2) is 0 Å². The van der Waals surface area contributed by atoms with Crippen molar-refractivity contribution in [2.45, 2.75) is 26.8 Å². The largest absolute Gasteiger partial charge is 0.475 e. The Morgan fingerprint density at radius 3 is 2.73 bits per heavy atom. The van der Waals surface area contributed by atoms with Gasteiger partial charge >= 0.3 is 6.03 Å². The van der Waals surface area contributed by atoms with E-state index in [9.17, 15) is 9.90 Å². The number of amides is 2. The zero-order chi connectivity index (χ0) is 16.6. The SMILES string of the molecule is COCCOc1ccnc(NC(=O)NC(CO)C(C)(C)C)n1. The highest BCUT2D eigenvalue weighted by Crippen LogP contribution is 2.18. The van der Waals surface area contributed by atoms with Crippen LogP contribution in [0.3, 0.4) is 0 Å². The molecule has 0 saturated heterocycles. The molecule has 3 N–H and O–H groups in total. The van der Waals surface area contributed by atoms with E-state index >= 15 is 0 Å². The summed E-state index contributed by atoms with van der Waals surface area (Å²) in [4.78, 5) is 19.9. The van der Waals surface area contributed by atoms with Crippen molar-refractivity contribution in [2.75, 3.05) is 32.2 Å². The van der Waals surface area contributed by atoms with Gasteiger partial charge in [0.1, 0.15) is 6.61 Å². The van der Waals surface area contributed by atoms with Gasteiger partial charge in [0.2, 0.25) is 11.8 Å². The molecule has 0 fully saturated rings. The van der Waals surface area contributed by atoms with Gasteiger partial charge in [0.05, 0.1) is 19.3 Å². The van der Waals surface area contributed by atoms with Crippen LogP contribution in [0, 0.1) is 5.41 Å². The van der Waals surface area contributed by atoms with Gasteiger partial charge in [-0.3, -0.25) is 5.32 Å². The normalized spacial score (nSPS) is 12.6.